The number of aliphatic imine (C=N–C) groups is 1. The Bertz CT molecular complexity index is 828. The average Bonchev–Trinajstić information content (AvgIpc) is 2.68. The third-order valence-electron chi connectivity index (χ3n) is 4.76. The molecule has 0 spiro atoms. The van der Waals surface area contributed by atoms with Gasteiger partial charge in [-0.1, -0.05) is 31.2 Å². The first kappa shape index (κ1) is 24.5. The van der Waals surface area contributed by atoms with Gasteiger partial charge in [-0.3, -0.25) is 4.79 Å². The van der Waals surface area contributed by atoms with E-state index in [-0.39, 0.29) is 10.8 Å². The van der Waals surface area contributed by atoms with E-state index in [1.165, 1.54) is 6.08 Å². The van der Waals surface area contributed by atoms with Crippen molar-refractivity contribution in [2.75, 3.05) is 38.0 Å². The van der Waals surface area contributed by atoms with Gasteiger partial charge >= 0.3 is 0 Å². The first-order chi connectivity index (χ1) is 14.2. The van der Waals surface area contributed by atoms with Crippen LogP contribution in [0.2, 0.25) is 25.7 Å². The molecule has 164 valence electrons. The molecule has 0 amide bonds. The number of nitrogens with zero attached hydrogens (tertiary/aromatic N) is 2. The minimum absolute atomic E-state index is 0.187. The molecule has 7 heteroatoms. The molecule has 1 aromatic rings. The molecule has 1 aliphatic rings. The molecule has 0 aliphatic heterocycles. The molecule has 0 unspecified atom stereocenters. The molecule has 0 N–H and O–H groups in total. The topological polar surface area (TPSA) is 51.1 Å². The summed E-state index contributed by atoms with van der Waals surface area (Å²) in [6.45, 7) is 14.6. The molecule has 5 nitrogen and oxygen atoms in total. The summed E-state index contributed by atoms with van der Waals surface area (Å²) >= 11 is 5.92. The molecule has 30 heavy (non-hydrogen) atoms. The summed E-state index contributed by atoms with van der Waals surface area (Å²) in [6.07, 6.45) is 4.72. The lowest BCUT2D eigenvalue weighted by molar-refractivity contribution is -0.110. The van der Waals surface area contributed by atoms with Gasteiger partial charge in [0.05, 0.1) is 23.0 Å². The van der Waals surface area contributed by atoms with Crippen LogP contribution in [-0.2, 0) is 14.3 Å². The van der Waals surface area contributed by atoms with Crippen molar-refractivity contribution in [3.63, 3.8) is 0 Å². The Labute approximate surface area is 186 Å². The maximum atomic E-state index is 11.4. The van der Waals surface area contributed by atoms with Gasteiger partial charge in [0.25, 0.3) is 0 Å². The van der Waals surface area contributed by atoms with E-state index in [0.29, 0.717) is 19.1 Å². The van der Waals surface area contributed by atoms with Crippen LogP contribution in [0.3, 0.4) is 0 Å². The Kier molecular flexibility index (Phi) is 9.49. The van der Waals surface area contributed by atoms with Gasteiger partial charge in [0.2, 0.25) is 0 Å². The number of hydrogen-bond acceptors (Lipinski definition) is 5. The van der Waals surface area contributed by atoms with E-state index in [2.05, 4.69) is 48.6 Å². The van der Waals surface area contributed by atoms with E-state index in [1.54, 1.807) is 12.2 Å². The molecule has 0 aromatic heterocycles. The molecule has 0 fully saturated rings. The summed E-state index contributed by atoms with van der Waals surface area (Å²) in [5.74, 6) is -0.190. The number of ketones is 1. The Morgan fingerprint density at radius 1 is 1.13 bits per heavy atom. The SMILES string of the molecule is CCN(CCOCOCC[Si](C)(C)C)c1ccc(N=C2C=CC(=O)C(Cl)=C2)c(C)c1. The minimum atomic E-state index is -1.05. The fraction of sp³-hybridized carbons (Fsp3) is 0.478. The Morgan fingerprint density at radius 2 is 1.87 bits per heavy atom. The molecular formula is C23H33ClN2O3Si. The van der Waals surface area contributed by atoms with Crippen molar-refractivity contribution >= 4 is 42.5 Å². The van der Waals surface area contributed by atoms with Crippen molar-refractivity contribution in [3.05, 3.63) is 47.0 Å². The number of benzene rings is 1. The number of halogens is 1. The second-order valence-corrected chi connectivity index (χ2v) is 14.6. The van der Waals surface area contributed by atoms with Crippen molar-refractivity contribution in [2.45, 2.75) is 39.5 Å². The largest absolute Gasteiger partial charge is 0.369 e. The number of allylic oxidation sites excluding steroid dienone is 4. The van der Waals surface area contributed by atoms with E-state index in [1.807, 2.05) is 13.0 Å². The zero-order valence-electron chi connectivity index (χ0n) is 18.7. The maximum absolute atomic E-state index is 11.4. The van der Waals surface area contributed by atoms with E-state index in [0.717, 1.165) is 42.7 Å². The van der Waals surface area contributed by atoms with Gasteiger partial charge in [0.15, 0.2) is 5.78 Å². The lowest BCUT2D eigenvalue weighted by Gasteiger charge is -2.24. The van der Waals surface area contributed by atoms with Crippen LogP contribution in [0.25, 0.3) is 0 Å². The van der Waals surface area contributed by atoms with Gasteiger partial charge in [-0.05, 0) is 61.9 Å². The van der Waals surface area contributed by atoms with Gasteiger partial charge in [-0.15, -0.1) is 0 Å². The average molecular weight is 449 g/mol. The second-order valence-electron chi connectivity index (χ2n) is 8.52. The number of anilines is 1. The summed E-state index contributed by atoms with van der Waals surface area (Å²) in [6, 6.07) is 7.33. The van der Waals surface area contributed by atoms with Crippen molar-refractivity contribution in [1.82, 2.24) is 0 Å². The number of rotatable bonds is 11. The Balaban J connectivity index is 1.88. The predicted molar refractivity (Wildman–Crippen MR) is 129 cm³/mol. The number of carbonyl (C=O) groups excluding carboxylic acids is 1. The standard InChI is InChI=1S/C23H33ClN2O3Si/c1-6-26(11-12-28-17-29-13-14-30(3,4)5)20-8-9-22(18(2)15-20)25-19-7-10-23(27)21(24)16-19/h7-10,15-16H,6,11-14,17H2,1-5H3. The number of aryl methyl sites for hydroxylation is 1. The van der Waals surface area contributed by atoms with Crippen LogP contribution < -0.4 is 4.90 Å². The molecule has 0 radical (unpaired) electrons. The lowest BCUT2D eigenvalue weighted by atomic mass is 10.1. The first-order valence-corrected chi connectivity index (χ1v) is 14.5. The molecule has 1 aliphatic carbocycles. The van der Waals surface area contributed by atoms with Crippen molar-refractivity contribution < 1.29 is 14.3 Å². The van der Waals surface area contributed by atoms with Gasteiger partial charge in [0.1, 0.15) is 6.79 Å². The third-order valence-corrected chi connectivity index (χ3v) is 6.76. The highest BCUT2D eigenvalue weighted by molar-refractivity contribution is 6.76. The fourth-order valence-electron chi connectivity index (χ4n) is 2.86. The molecule has 0 saturated carbocycles. The van der Waals surface area contributed by atoms with Crippen molar-refractivity contribution in [1.29, 1.82) is 0 Å². The quantitative estimate of drug-likeness (QED) is 0.194. The molecule has 0 heterocycles. The Hall–Kier alpha value is -1.73. The Morgan fingerprint density at radius 3 is 2.50 bits per heavy atom. The van der Waals surface area contributed by atoms with E-state index in [4.69, 9.17) is 21.1 Å². The molecular weight excluding hydrogens is 416 g/mol. The summed E-state index contributed by atoms with van der Waals surface area (Å²) in [4.78, 5) is 18.3. The van der Waals surface area contributed by atoms with Crippen LogP contribution in [0.4, 0.5) is 11.4 Å². The molecule has 0 atom stereocenters. The van der Waals surface area contributed by atoms with E-state index < -0.39 is 8.07 Å². The smallest absolute Gasteiger partial charge is 0.197 e. The number of hydrogen-bond donors (Lipinski definition) is 0. The van der Waals surface area contributed by atoms with E-state index >= 15 is 0 Å². The van der Waals surface area contributed by atoms with Crippen LogP contribution in [0.1, 0.15) is 12.5 Å². The van der Waals surface area contributed by atoms with Crippen LogP contribution in [0.5, 0.6) is 0 Å². The van der Waals surface area contributed by atoms with Crippen LogP contribution in [0.15, 0.2) is 46.5 Å². The monoisotopic (exact) mass is 448 g/mol. The summed E-state index contributed by atoms with van der Waals surface area (Å²) in [5.41, 5.74) is 3.72. The third kappa shape index (κ3) is 8.18. The predicted octanol–water partition coefficient (Wildman–Crippen LogP) is 5.48. The number of likely N-dealkylation sites (N-methyl/N-ethyl adjacent to an activating group) is 1. The molecule has 2 rings (SSSR count). The fourth-order valence-corrected chi connectivity index (χ4v) is 3.79. The van der Waals surface area contributed by atoms with Gasteiger partial charge in [0, 0.05) is 33.5 Å². The van der Waals surface area contributed by atoms with Crippen molar-refractivity contribution in [3.8, 4) is 0 Å². The van der Waals surface area contributed by atoms with Crippen LogP contribution in [0, 0.1) is 6.92 Å². The normalized spacial score (nSPS) is 15.6. The molecule has 0 bridgehead atoms. The lowest BCUT2D eigenvalue weighted by Crippen LogP contribution is -2.27. The molecule has 1 aromatic carbocycles. The van der Waals surface area contributed by atoms with Crippen LogP contribution in [-0.4, -0.2) is 52.7 Å². The summed E-state index contributed by atoms with van der Waals surface area (Å²) in [7, 11) is -1.05. The number of carbonyl (C=O) groups is 1. The van der Waals surface area contributed by atoms with Gasteiger partial charge in [-0.25, -0.2) is 4.99 Å². The molecule has 0 saturated heterocycles. The van der Waals surface area contributed by atoms with Crippen LogP contribution >= 0.6 is 11.6 Å². The maximum Gasteiger partial charge on any atom is 0.197 e. The first-order valence-electron chi connectivity index (χ1n) is 10.4. The summed E-state index contributed by atoms with van der Waals surface area (Å²) < 4.78 is 11.2. The summed E-state index contributed by atoms with van der Waals surface area (Å²) in [5, 5.41) is 0.187. The van der Waals surface area contributed by atoms with Gasteiger partial charge in [-0.2, -0.15) is 0 Å². The van der Waals surface area contributed by atoms with Gasteiger partial charge < -0.3 is 14.4 Å². The van der Waals surface area contributed by atoms with Crippen molar-refractivity contribution in [2.24, 2.45) is 4.99 Å². The highest BCUT2D eigenvalue weighted by Crippen LogP contribution is 2.26. The zero-order chi connectivity index (χ0) is 22.1. The second kappa shape index (κ2) is 11.6. The minimum Gasteiger partial charge on any atom is -0.369 e. The highest BCUT2D eigenvalue weighted by Gasteiger charge is 2.12. The zero-order valence-corrected chi connectivity index (χ0v) is 20.5. The number of ether oxygens (including phenoxy) is 2. The highest BCUT2D eigenvalue weighted by atomic mass is 35.5. The van der Waals surface area contributed by atoms with E-state index in [9.17, 15) is 4.79 Å².